The molecule has 0 aromatic heterocycles. The molecule has 4 nitrogen and oxygen atoms in total. The summed E-state index contributed by atoms with van der Waals surface area (Å²) < 4.78 is 10.5. The number of likely N-dealkylation sites (N-methyl/N-ethyl adjacent to an activating group) is 1. The monoisotopic (exact) mass is 201 g/mol. The summed E-state index contributed by atoms with van der Waals surface area (Å²) in [6, 6.07) is 0.154. The Kier molecular flexibility index (Phi) is 3.75. The molecule has 1 aliphatic heterocycles. The fraction of sp³-hybridized carbons (Fsp3) is 0.900. The number of ether oxygens (including phenoxy) is 2. The Morgan fingerprint density at radius 2 is 2.21 bits per heavy atom. The van der Waals surface area contributed by atoms with Gasteiger partial charge in [0.2, 0.25) is 0 Å². The summed E-state index contributed by atoms with van der Waals surface area (Å²) in [7, 11) is 1.76. The van der Waals surface area contributed by atoms with E-state index in [9.17, 15) is 4.79 Å². The minimum Gasteiger partial charge on any atom is -0.447 e. The van der Waals surface area contributed by atoms with E-state index >= 15 is 0 Å². The van der Waals surface area contributed by atoms with E-state index in [0.29, 0.717) is 0 Å². The summed E-state index contributed by atoms with van der Waals surface area (Å²) in [5, 5.41) is 0. The lowest BCUT2D eigenvalue weighted by molar-refractivity contribution is 0.0499. The van der Waals surface area contributed by atoms with Gasteiger partial charge in [-0.15, -0.1) is 0 Å². The van der Waals surface area contributed by atoms with Gasteiger partial charge in [0.1, 0.15) is 0 Å². The summed E-state index contributed by atoms with van der Waals surface area (Å²) in [4.78, 5) is 13.2. The third-order valence-corrected chi connectivity index (χ3v) is 2.46. The van der Waals surface area contributed by atoms with Crippen molar-refractivity contribution >= 4 is 6.09 Å². The van der Waals surface area contributed by atoms with E-state index in [1.807, 2.05) is 20.8 Å². The van der Waals surface area contributed by atoms with Crippen LogP contribution in [0.5, 0.6) is 0 Å². The van der Waals surface area contributed by atoms with Gasteiger partial charge in [0, 0.05) is 13.7 Å². The van der Waals surface area contributed by atoms with Gasteiger partial charge in [-0.1, -0.05) is 0 Å². The smallest absolute Gasteiger partial charge is 0.410 e. The maximum absolute atomic E-state index is 11.5. The van der Waals surface area contributed by atoms with E-state index in [1.165, 1.54) is 0 Å². The normalized spacial score (nSPS) is 26.6. The standard InChI is InChI=1S/C10H19NO3/c1-7(2)14-10(12)11(4)9-5-6-13-8(9)3/h7-9H,5-6H2,1-4H3. The van der Waals surface area contributed by atoms with Gasteiger partial charge in [-0.25, -0.2) is 4.79 Å². The Morgan fingerprint density at radius 1 is 1.57 bits per heavy atom. The van der Waals surface area contributed by atoms with Crippen LogP contribution in [0.15, 0.2) is 0 Å². The van der Waals surface area contributed by atoms with Gasteiger partial charge >= 0.3 is 6.09 Å². The van der Waals surface area contributed by atoms with Crippen molar-refractivity contribution < 1.29 is 14.3 Å². The first-order chi connectivity index (χ1) is 6.52. The van der Waals surface area contributed by atoms with Crippen LogP contribution in [-0.4, -0.2) is 42.9 Å². The van der Waals surface area contributed by atoms with Crippen molar-refractivity contribution in [2.24, 2.45) is 0 Å². The minimum atomic E-state index is -0.262. The molecular weight excluding hydrogens is 182 g/mol. The SMILES string of the molecule is CC(C)OC(=O)N(C)C1CCOC1C. The maximum atomic E-state index is 11.5. The Morgan fingerprint density at radius 3 is 2.64 bits per heavy atom. The topological polar surface area (TPSA) is 38.8 Å². The molecule has 0 saturated carbocycles. The molecule has 14 heavy (non-hydrogen) atoms. The highest BCUT2D eigenvalue weighted by Gasteiger charge is 2.31. The van der Waals surface area contributed by atoms with Crippen molar-refractivity contribution in [1.82, 2.24) is 4.90 Å². The van der Waals surface area contributed by atoms with E-state index in [1.54, 1.807) is 11.9 Å². The number of amides is 1. The average Bonchev–Trinajstić information content (AvgIpc) is 2.48. The zero-order valence-electron chi connectivity index (χ0n) is 9.32. The lowest BCUT2D eigenvalue weighted by Crippen LogP contribution is -2.42. The second kappa shape index (κ2) is 4.64. The summed E-state index contributed by atoms with van der Waals surface area (Å²) in [6.45, 7) is 6.41. The van der Waals surface area contributed by atoms with Crippen LogP contribution in [0.25, 0.3) is 0 Å². The second-order valence-corrected chi connectivity index (χ2v) is 3.98. The number of carbonyl (C=O) groups is 1. The van der Waals surface area contributed by atoms with Crippen molar-refractivity contribution in [3.05, 3.63) is 0 Å². The van der Waals surface area contributed by atoms with Crippen LogP contribution >= 0.6 is 0 Å². The Labute approximate surface area is 85.2 Å². The Bertz CT molecular complexity index is 206. The quantitative estimate of drug-likeness (QED) is 0.681. The number of rotatable bonds is 2. The Balaban J connectivity index is 2.47. The van der Waals surface area contributed by atoms with Crippen molar-refractivity contribution in [2.75, 3.05) is 13.7 Å². The molecule has 0 aromatic rings. The molecule has 2 unspecified atom stereocenters. The highest BCUT2D eigenvalue weighted by atomic mass is 16.6. The van der Waals surface area contributed by atoms with E-state index < -0.39 is 0 Å². The van der Waals surface area contributed by atoms with Gasteiger partial charge < -0.3 is 14.4 Å². The van der Waals surface area contributed by atoms with E-state index in [4.69, 9.17) is 9.47 Å². The fourth-order valence-corrected chi connectivity index (χ4v) is 1.65. The highest BCUT2D eigenvalue weighted by Crippen LogP contribution is 2.18. The molecule has 1 aliphatic rings. The van der Waals surface area contributed by atoms with Crippen molar-refractivity contribution in [3.8, 4) is 0 Å². The lowest BCUT2D eigenvalue weighted by atomic mass is 10.1. The first-order valence-corrected chi connectivity index (χ1v) is 5.07. The molecule has 4 heteroatoms. The number of hydrogen-bond donors (Lipinski definition) is 0. The second-order valence-electron chi connectivity index (χ2n) is 3.98. The lowest BCUT2D eigenvalue weighted by Gasteiger charge is -2.26. The molecule has 82 valence electrons. The number of hydrogen-bond acceptors (Lipinski definition) is 3. The highest BCUT2D eigenvalue weighted by molar-refractivity contribution is 5.67. The van der Waals surface area contributed by atoms with Gasteiger partial charge in [-0.3, -0.25) is 0 Å². The van der Waals surface area contributed by atoms with Crippen LogP contribution < -0.4 is 0 Å². The molecule has 2 atom stereocenters. The zero-order chi connectivity index (χ0) is 10.7. The van der Waals surface area contributed by atoms with Crippen LogP contribution in [0.3, 0.4) is 0 Å². The van der Waals surface area contributed by atoms with Crippen LogP contribution in [0.1, 0.15) is 27.2 Å². The Hall–Kier alpha value is -0.770. The van der Waals surface area contributed by atoms with Crippen LogP contribution in [0.2, 0.25) is 0 Å². The van der Waals surface area contributed by atoms with Crippen LogP contribution in [0.4, 0.5) is 4.79 Å². The number of carbonyl (C=O) groups excluding carboxylic acids is 1. The molecular formula is C10H19NO3. The molecule has 1 amide bonds. The molecule has 1 saturated heterocycles. The molecule has 0 aliphatic carbocycles. The summed E-state index contributed by atoms with van der Waals surface area (Å²) in [5.41, 5.74) is 0. The van der Waals surface area contributed by atoms with Crippen molar-refractivity contribution in [3.63, 3.8) is 0 Å². The summed E-state index contributed by atoms with van der Waals surface area (Å²) >= 11 is 0. The molecule has 0 spiro atoms. The van der Waals surface area contributed by atoms with Crippen molar-refractivity contribution in [1.29, 1.82) is 0 Å². The molecule has 0 radical (unpaired) electrons. The van der Waals surface area contributed by atoms with E-state index in [0.717, 1.165) is 13.0 Å². The largest absolute Gasteiger partial charge is 0.447 e. The molecule has 1 fully saturated rings. The summed E-state index contributed by atoms with van der Waals surface area (Å²) in [6.07, 6.45) is 0.676. The first kappa shape index (κ1) is 11.3. The zero-order valence-corrected chi connectivity index (χ0v) is 9.32. The summed E-state index contributed by atoms with van der Waals surface area (Å²) in [5.74, 6) is 0. The van der Waals surface area contributed by atoms with E-state index in [2.05, 4.69) is 0 Å². The molecule has 0 aromatic carbocycles. The molecule has 0 N–H and O–H groups in total. The van der Waals surface area contributed by atoms with Gasteiger partial charge in [0.25, 0.3) is 0 Å². The van der Waals surface area contributed by atoms with Gasteiger partial charge in [-0.2, -0.15) is 0 Å². The molecule has 1 heterocycles. The van der Waals surface area contributed by atoms with Gasteiger partial charge in [0.05, 0.1) is 18.2 Å². The molecule has 1 rings (SSSR count). The molecule has 0 bridgehead atoms. The maximum Gasteiger partial charge on any atom is 0.410 e. The van der Waals surface area contributed by atoms with Gasteiger partial charge in [-0.05, 0) is 27.2 Å². The van der Waals surface area contributed by atoms with Crippen LogP contribution in [0, 0.1) is 0 Å². The van der Waals surface area contributed by atoms with Crippen molar-refractivity contribution in [2.45, 2.75) is 45.4 Å². The third-order valence-electron chi connectivity index (χ3n) is 2.46. The van der Waals surface area contributed by atoms with E-state index in [-0.39, 0.29) is 24.3 Å². The predicted octanol–water partition coefficient (Wildman–Crippen LogP) is 1.64. The third kappa shape index (κ3) is 2.61. The minimum absolute atomic E-state index is 0.0671. The average molecular weight is 201 g/mol. The van der Waals surface area contributed by atoms with Crippen LogP contribution in [-0.2, 0) is 9.47 Å². The first-order valence-electron chi connectivity index (χ1n) is 5.07. The fourth-order valence-electron chi connectivity index (χ4n) is 1.65. The predicted molar refractivity (Wildman–Crippen MR) is 53.2 cm³/mol. The number of nitrogens with zero attached hydrogens (tertiary/aromatic N) is 1. The van der Waals surface area contributed by atoms with Gasteiger partial charge in [0.15, 0.2) is 0 Å².